The van der Waals surface area contributed by atoms with E-state index in [1.807, 2.05) is 0 Å². The van der Waals surface area contributed by atoms with E-state index in [1.54, 1.807) is 24.3 Å². The molecule has 1 aliphatic rings. The molecule has 24 heavy (non-hydrogen) atoms. The predicted molar refractivity (Wildman–Crippen MR) is 87.4 cm³/mol. The van der Waals surface area contributed by atoms with Gasteiger partial charge in [0.05, 0.1) is 11.3 Å². The average Bonchev–Trinajstić information content (AvgIpc) is 2.52. The zero-order valence-electron chi connectivity index (χ0n) is 12.0. The molecule has 0 spiro atoms. The van der Waals surface area contributed by atoms with Gasteiger partial charge in [0.15, 0.2) is 5.17 Å². The van der Waals surface area contributed by atoms with Crippen LogP contribution in [0.5, 0.6) is 0 Å². The fourth-order valence-corrected chi connectivity index (χ4v) is 4.32. The second-order valence-electron chi connectivity index (χ2n) is 4.98. The first kappa shape index (κ1) is 16.8. The zero-order chi connectivity index (χ0) is 17.4. The molecule has 0 fully saturated rings. The Hall–Kier alpha value is -2.00. The summed E-state index contributed by atoms with van der Waals surface area (Å²) in [6.45, 7) is 0. The van der Waals surface area contributed by atoms with Crippen LogP contribution in [0.15, 0.2) is 57.8 Å². The third-order valence-electron chi connectivity index (χ3n) is 3.24. The number of halogens is 3. The maximum Gasteiger partial charge on any atom is 0.416 e. The van der Waals surface area contributed by atoms with E-state index < -0.39 is 21.8 Å². The Balaban J connectivity index is 1.78. The highest BCUT2D eigenvalue weighted by Crippen LogP contribution is 2.32. The van der Waals surface area contributed by atoms with Gasteiger partial charge in [-0.1, -0.05) is 42.1 Å². The number of alkyl halides is 3. The number of nitrogens with zero attached hydrogens (tertiary/aromatic N) is 1. The molecule has 2 aromatic carbocycles. The summed E-state index contributed by atoms with van der Waals surface area (Å²) in [4.78, 5) is 0.0772. The number of hydrogen-bond acceptors (Lipinski definition) is 4. The van der Waals surface area contributed by atoms with Crippen LogP contribution >= 0.6 is 11.8 Å². The summed E-state index contributed by atoms with van der Waals surface area (Å²) in [5.74, 6) is 0.160. The number of para-hydroxylation sites is 1. The summed E-state index contributed by atoms with van der Waals surface area (Å²) in [6, 6.07) is 11.2. The van der Waals surface area contributed by atoms with Crippen molar-refractivity contribution in [2.45, 2.75) is 16.8 Å². The molecule has 0 radical (unpaired) electrons. The van der Waals surface area contributed by atoms with Crippen LogP contribution in [0.1, 0.15) is 11.1 Å². The maximum atomic E-state index is 12.7. The fraction of sp³-hybridized carbons (Fsp3) is 0.133. The minimum Gasteiger partial charge on any atom is -0.333 e. The summed E-state index contributed by atoms with van der Waals surface area (Å²) in [6.07, 6.45) is -4.41. The van der Waals surface area contributed by atoms with Crippen molar-refractivity contribution in [2.24, 2.45) is 4.40 Å². The Morgan fingerprint density at radius 2 is 1.83 bits per heavy atom. The Kier molecular flexibility index (Phi) is 4.31. The second-order valence-corrected chi connectivity index (χ2v) is 7.52. The molecule has 1 heterocycles. The van der Waals surface area contributed by atoms with Gasteiger partial charge in [-0.15, -0.1) is 4.40 Å². The summed E-state index contributed by atoms with van der Waals surface area (Å²) in [5, 5.41) is 3.01. The molecule has 2 aromatic rings. The molecular weight excluding hydrogens is 361 g/mol. The summed E-state index contributed by atoms with van der Waals surface area (Å²) in [7, 11) is -3.80. The quantitative estimate of drug-likeness (QED) is 0.862. The van der Waals surface area contributed by atoms with E-state index in [0.717, 1.165) is 23.9 Å². The Morgan fingerprint density at radius 1 is 1.08 bits per heavy atom. The number of amidine groups is 1. The number of hydrogen-bond donors (Lipinski definition) is 1. The highest BCUT2D eigenvalue weighted by atomic mass is 32.2. The molecule has 0 aromatic heterocycles. The van der Waals surface area contributed by atoms with Gasteiger partial charge in [0.1, 0.15) is 4.90 Å². The molecule has 9 heteroatoms. The molecule has 1 N–H and O–H groups in total. The number of sulfonamides is 1. The van der Waals surface area contributed by atoms with Gasteiger partial charge in [0.2, 0.25) is 0 Å². The summed E-state index contributed by atoms with van der Waals surface area (Å²) in [5.41, 5.74) is 0.0896. The van der Waals surface area contributed by atoms with Crippen LogP contribution < -0.4 is 5.32 Å². The first-order chi connectivity index (χ1) is 11.3. The molecule has 126 valence electrons. The van der Waals surface area contributed by atoms with Gasteiger partial charge in [0, 0.05) is 5.75 Å². The van der Waals surface area contributed by atoms with Crippen LogP contribution in [0.25, 0.3) is 0 Å². The van der Waals surface area contributed by atoms with Crippen molar-refractivity contribution in [1.29, 1.82) is 0 Å². The number of fused-ring (bicyclic) bond motifs is 1. The van der Waals surface area contributed by atoms with Crippen molar-refractivity contribution in [2.75, 3.05) is 5.32 Å². The number of benzene rings is 2. The third kappa shape index (κ3) is 3.57. The Labute approximate surface area is 140 Å². The van der Waals surface area contributed by atoms with E-state index in [9.17, 15) is 21.6 Å². The lowest BCUT2D eigenvalue weighted by Crippen LogP contribution is -2.18. The zero-order valence-corrected chi connectivity index (χ0v) is 13.7. The standard InChI is InChI=1S/C15H11F3N2O2S2/c16-15(17,18)11-5-3-4-10(8-11)9-23-14-19-12-6-1-2-7-13(12)24(21,22)20-14/h1-8H,9H2,(H,19,20). The van der Waals surface area contributed by atoms with Crippen molar-refractivity contribution < 1.29 is 21.6 Å². The molecule has 3 rings (SSSR count). The smallest absolute Gasteiger partial charge is 0.333 e. The molecule has 0 atom stereocenters. The minimum atomic E-state index is -4.41. The molecule has 0 amide bonds. The predicted octanol–water partition coefficient (Wildman–Crippen LogP) is 4.11. The van der Waals surface area contributed by atoms with Crippen LogP contribution in [0.4, 0.5) is 18.9 Å². The van der Waals surface area contributed by atoms with Gasteiger partial charge in [-0.3, -0.25) is 0 Å². The van der Waals surface area contributed by atoms with Gasteiger partial charge >= 0.3 is 6.18 Å². The van der Waals surface area contributed by atoms with Crippen LogP contribution in [-0.4, -0.2) is 13.6 Å². The second kappa shape index (κ2) is 6.14. The molecular formula is C15H11F3N2O2S2. The van der Waals surface area contributed by atoms with Crippen LogP contribution in [0.3, 0.4) is 0 Å². The maximum absolute atomic E-state index is 12.7. The first-order valence-electron chi connectivity index (χ1n) is 6.76. The van der Waals surface area contributed by atoms with E-state index >= 15 is 0 Å². The average molecular weight is 372 g/mol. The highest BCUT2D eigenvalue weighted by molar-refractivity contribution is 8.14. The third-order valence-corrected chi connectivity index (χ3v) is 5.63. The van der Waals surface area contributed by atoms with Gasteiger partial charge in [-0.05, 0) is 23.8 Å². The lowest BCUT2D eigenvalue weighted by Gasteiger charge is -2.17. The molecule has 4 nitrogen and oxygen atoms in total. The van der Waals surface area contributed by atoms with Gasteiger partial charge in [-0.2, -0.15) is 21.6 Å². The Bertz CT molecular complexity index is 909. The SMILES string of the molecule is O=S1(=O)N=C(SCc2cccc(C(F)(F)F)c2)Nc2ccccc21. The normalized spacial score (nSPS) is 16.0. The van der Waals surface area contributed by atoms with Gasteiger partial charge < -0.3 is 5.32 Å². The molecule has 1 aliphatic heterocycles. The monoisotopic (exact) mass is 372 g/mol. The van der Waals surface area contributed by atoms with Crippen molar-refractivity contribution >= 4 is 32.6 Å². The van der Waals surface area contributed by atoms with E-state index in [1.165, 1.54) is 12.1 Å². The van der Waals surface area contributed by atoms with E-state index in [0.29, 0.717) is 11.3 Å². The van der Waals surface area contributed by atoms with E-state index in [2.05, 4.69) is 9.71 Å². The molecule has 0 aliphatic carbocycles. The van der Waals surface area contributed by atoms with Crippen molar-refractivity contribution in [3.05, 3.63) is 59.7 Å². The van der Waals surface area contributed by atoms with E-state index in [-0.39, 0.29) is 15.8 Å². The summed E-state index contributed by atoms with van der Waals surface area (Å²) >= 11 is 1.03. The van der Waals surface area contributed by atoms with Gasteiger partial charge in [-0.25, -0.2) is 0 Å². The highest BCUT2D eigenvalue weighted by Gasteiger charge is 2.30. The fourth-order valence-electron chi connectivity index (χ4n) is 2.14. The molecule has 0 saturated heterocycles. The number of rotatable bonds is 2. The lowest BCUT2D eigenvalue weighted by molar-refractivity contribution is -0.137. The topological polar surface area (TPSA) is 58.5 Å². The molecule has 0 saturated carbocycles. The van der Waals surface area contributed by atoms with Gasteiger partial charge in [0.25, 0.3) is 10.0 Å². The summed E-state index contributed by atoms with van der Waals surface area (Å²) < 4.78 is 66.0. The van der Waals surface area contributed by atoms with Crippen LogP contribution in [0.2, 0.25) is 0 Å². The van der Waals surface area contributed by atoms with Crippen molar-refractivity contribution in [3.8, 4) is 0 Å². The number of nitrogens with one attached hydrogen (secondary N) is 1. The molecule has 0 bridgehead atoms. The van der Waals surface area contributed by atoms with Crippen LogP contribution in [0, 0.1) is 0 Å². The minimum absolute atomic E-state index is 0.0772. The van der Waals surface area contributed by atoms with Crippen molar-refractivity contribution in [1.82, 2.24) is 0 Å². The lowest BCUT2D eigenvalue weighted by atomic mass is 10.1. The molecule has 0 unspecified atom stereocenters. The number of anilines is 1. The van der Waals surface area contributed by atoms with Crippen molar-refractivity contribution in [3.63, 3.8) is 0 Å². The van der Waals surface area contributed by atoms with Crippen LogP contribution in [-0.2, 0) is 22.0 Å². The van der Waals surface area contributed by atoms with E-state index in [4.69, 9.17) is 0 Å². The Morgan fingerprint density at radius 3 is 2.58 bits per heavy atom. The first-order valence-corrected chi connectivity index (χ1v) is 9.18. The largest absolute Gasteiger partial charge is 0.416 e. The number of thioether (sulfide) groups is 1.